The van der Waals surface area contributed by atoms with Gasteiger partial charge in [-0.2, -0.15) is 0 Å². The van der Waals surface area contributed by atoms with Crippen LogP contribution in [0.25, 0.3) is 0 Å². The summed E-state index contributed by atoms with van der Waals surface area (Å²) >= 11 is 5.76. The molecule has 2 saturated heterocycles. The highest BCUT2D eigenvalue weighted by Gasteiger charge is 2.29. The first-order valence-corrected chi connectivity index (χ1v) is 7.86. The van der Waals surface area contributed by atoms with Crippen molar-refractivity contribution in [1.29, 1.82) is 0 Å². The van der Waals surface area contributed by atoms with Crippen molar-refractivity contribution in [2.24, 2.45) is 0 Å². The molecule has 2 aliphatic heterocycles. The van der Waals surface area contributed by atoms with Crippen molar-refractivity contribution in [2.45, 2.75) is 18.9 Å². The molecule has 1 aromatic rings. The summed E-state index contributed by atoms with van der Waals surface area (Å²) < 4.78 is 11.0. The van der Waals surface area contributed by atoms with Gasteiger partial charge in [-0.15, -0.1) is 0 Å². The maximum Gasteiger partial charge on any atom is 0.320 e. The van der Waals surface area contributed by atoms with Crippen molar-refractivity contribution in [3.63, 3.8) is 0 Å². The molecule has 0 radical (unpaired) electrons. The van der Waals surface area contributed by atoms with Gasteiger partial charge in [0.15, 0.2) is 0 Å². The van der Waals surface area contributed by atoms with E-state index in [4.69, 9.17) is 21.1 Å². The molecule has 0 N–H and O–H groups in total. The quantitative estimate of drug-likeness (QED) is 0.822. The van der Waals surface area contributed by atoms with E-state index in [-0.39, 0.29) is 12.1 Å². The molecular formula is C14H19ClN4O3. The second-order valence-corrected chi connectivity index (χ2v) is 5.83. The first-order valence-electron chi connectivity index (χ1n) is 7.48. The van der Waals surface area contributed by atoms with Crippen molar-refractivity contribution in [3.8, 4) is 6.01 Å². The molecule has 3 rings (SSSR count). The summed E-state index contributed by atoms with van der Waals surface area (Å²) in [6, 6.07) is 0.365. The van der Waals surface area contributed by atoms with Crippen molar-refractivity contribution in [2.75, 3.05) is 39.4 Å². The molecule has 0 aliphatic carbocycles. The molecule has 2 amide bonds. The highest BCUT2D eigenvalue weighted by atomic mass is 35.5. The Morgan fingerprint density at radius 2 is 1.95 bits per heavy atom. The molecule has 22 heavy (non-hydrogen) atoms. The summed E-state index contributed by atoms with van der Waals surface area (Å²) in [7, 11) is 0. The average Bonchev–Trinajstić information content (AvgIpc) is 2.57. The second-order valence-electron chi connectivity index (χ2n) is 5.39. The number of rotatable bonds is 2. The molecule has 1 atom stereocenters. The molecule has 2 fully saturated rings. The minimum absolute atomic E-state index is 0.0635. The summed E-state index contributed by atoms with van der Waals surface area (Å²) in [5, 5.41) is 0.472. The molecule has 1 unspecified atom stereocenters. The zero-order valence-electron chi connectivity index (χ0n) is 12.3. The third kappa shape index (κ3) is 3.78. The van der Waals surface area contributed by atoms with Crippen molar-refractivity contribution >= 4 is 17.6 Å². The van der Waals surface area contributed by atoms with Gasteiger partial charge in [-0.1, -0.05) is 11.6 Å². The normalized spacial score (nSPS) is 22.5. The fraction of sp³-hybridized carbons (Fsp3) is 0.643. The largest absolute Gasteiger partial charge is 0.458 e. The maximum absolute atomic E-state index is 12.5. The number of likely N-dealkylation sites (tertiary alicyclic amines) is 1. The third-order valence-electron chi connectivity index (χ3n) is 3.80. The number of hydrogen-bond acceptors (Lipinski definition) is 5. The van der Waals surface area contributed by atoms with Gasteiger partial charge in [0.1, 0.15) is 6.10 Å². The van der Waals surface area contributed by atoms with Crippen LogP contribution in [0.4, 0.5) is 4.79 Å². The van der Waals surface area contributed by atoms with E-state index in [1.165, 1.54) is 12.4 Å². The van der Waals surface area contributed by atoms with E-state index in [9.17, 15) is 4.79 Å². The summed E-state index contributed by atoms with van der Waals surface area (Å²) in [4.78, 5) is 24.2. The van der Waals surface area contributed by atoms with Gasteiger partial charge in [0, 0.05) is 19.6 Å². The molecule has 0 saturated carbocycles. The van der Waals surface area contributed by atoms with Gasteiger partial charge in [-0.3, -0.25) is 0 Å². The Bertz CT molecular complexity index is 507. The fourth-order valence-electron chi connectivity index (χ4n) is 2.67. The minimum atomic E-state index is -0.0834. The second kappa shape index (κ2) is 7.11. The number of hydrogen-bond donors (Lipinski definition) is 0. The molecule has 0 spiro atoms. The van der Waals surface area contributed by atoms with E-state index >= 15 is 0 Å². The van der Waals surface area contributed by atoms with Gasteiger partial charge >= 0.3 is 12.0 Å². The maximum atomic E-state index is 12.5. The van der Waals surface area contributed by atoms with E-state index in [1.807, 2.05) is 9.80 Å². The Kier molecular flexibility index (Phi) is 4.94. The van der Waals surface area contributed by atoms with Crippen LogP contribution in [0, 0.1) is 0 Å². The number of morpholine rings is 1. The lowest BCUT2D eigenvalue weighted by Crippen LogP contribution is -2.52. The van der Waals surface area contributed by atoms with Gasteiger partial charge < -0.3 is 19.3 Å². The first-order chi connectivity index (χ1) is 10.7. The monoisotopic (exact) mass is 326 g/mol. The summed E-state index contributed by atoms with van der Waals surface area (Å²) in [6.45, 7) is 3.85. The highest BCUT2D eigenvalue weighted by Crippen LogP contribution is 2.17. The standard InChI is InChI=1S/C14H19ClN4O3/c15-11-8-16-13(17-9-11)22-12-2-1-3-19(10-12)14(20)18-4-6-21-7-5-18/h8-9,12H,1-7,10H2. The van der Waals surface area contributed by atoms with Crippen LogP contribution in [0.3, 0.4) is 0 Å². The molecule has 120 valence electrons. The lowest BCUT2D eigenvalue weighted by molar-refractivity contribution is 0.0320. The van der Waals surface area contributed by atoms with E-state index in [0.717, 1.165) is 19.4 Å². The number of carbonyl (C=O) groups is 1. The number of aromatic nitrogens is 2. The predicted molar refractivity (Wildman–Crippen MR) is 80.1 cm³/mol. The molecular weight excluding hydrogens is 308 g/mol. The number of carbonyl (C=O) groups excluding carboxylic acids is 1. The lowest BCUT2D eigenvalue weighted by Gasteiger charge is -2.37. The zero-order chi connectivity index (χ0) is 15.4. The van der Waals surface area contributed by atoms with Crippen LogP contribution in [0.15, 0.2) is 12.4 Å². The number of ether oxygens (including phenoxy) is 2. The molecule has 2 aliphatic rings. The van der Waals surface area contributed by atoms with Gasteiger partial charge in [0.2, 0.25) is 0 Å². The van der Waals surface area contributed by atoms with E-state index in [0.29, 0.717) is 43.9 Å². The topological polar surface area (TPSA) is 67.8 Å². The Morgan fingerprint density at radius 3 is 2.68 bits per heavy atom. The van der Waals surface area contributed by atoms with Crippen molar-refractivity contribution < 1.29 is 14.3 Å². The number of amides is 2. The van der Waals surface area contributed by atoms with Crippen LogP contribution in [0.2, 0.25) is 5.02 Å². The van der Waals surface area contributed by atoms with Gasteiger partial charge in [0.25, 0.3) is 0 Å². The first kappa shape index (κ1) is 15.3. The van der Waals surface area contributed by atoms with Crippen LogP contribution >= 0.6 is 11.6 Å². The third-order valence-corrected chi connectivity index (χ3v) is 3.99. The fourth-order valence-corrected chi connectivity index (χ4v) is 2.77. The Hall–Kier alpha value is -1.60. The summed E-state index contributed by atoms with van der Waals surface area (Å²) in [5.41, 5.74) is 0. The molecule has 1 aromatic heterocycles. The smallest absolute Gasteiger partial charge is 0.320 e. The lowest BCUT2D eigenvalue weighted by atomic mass is 10.1. The number of urea groups is 1. The SMILES string of the molecule is O=C(N1CCOCC1)N1CCCC(Oc2ncc(Cl)cn2)C1. The van der Waals surface area contributed by atoms with E-state index < -0.39 is 0 Å². The van der Waals surface area contributed by atoms with Crippen LogP contribution in [-0.4, -0.2) is 71.3 Å². The molecule has 3 heterocycles. The zero-order valence-corrected chi connectivity index (χ0v) is 13.0. The molecule has 0 bridgehead atoms. The van der Waals surface area contributed by atoms with Crippen LogP contribution in [0.5, 0.6) is 6.01 Å². The van der Waals surface area contributed by atoms with Gasteiger partial charge in [-0.25, -0.2) is 14.8 Å². The summed E-state index contributed by atoms with van der Waals surface area (Å²) in [5.74, 6) is 0. The average molecular weight is 327 g/mol. The van der Waals surface area contributed by atoms with Gasteiger partial charge in [-0.05, 0) is 12.8 Å². The van der Waals surface area contributed by atoms with Gasteiger partial charge in [0.05, 0.1) is 37.2 Å². The molecule has 0 aromatic carbocycles. The Labute approximate surface area is 134 Å². The van der Waals surface area contributed by atoms with E-state index in [2.05, 4.69) is 9.97 Å². The molecule has 7 nitrogen and oxygen atoms in total. The number of nitrogens with zero attached hydrogens (tertiary/aromatic N) is 4. The van der Waals surface area contributed by atoms with Crippen molar-refractivity contribution in [3.05, 3.63) is 17.4 Å². The highest BCUT2D eigenvalue weighted by molar-refractivity contribution is 6.30. The number of piperidine rings is 1. The Morgan fingerprint density at radius 1 is 1.23 bits per heavy atom. The van der Waals surface area contributed by atoms with Crippen LogP contribution in [-0.2, 0) is 4.74 Å². The van der Waals surface area contributed by atoms with Crippen molar-refractivity contribution in [1.82, 2.24) is 19.8 Å². The molecule has 8 heteroatoms. The predicted octanol–water partition coefficient (Wildman–Crippen LogP) is 1.43. The summed E-state index contributed by atoms with van der Waals surface area (Å²) in [6.07, 6.45) is 4.72. The minimum Gasteiger partial charge on any atom is -0.458 e. The number of halogens is 1. The Balaban J connectivity index is 1.56. The van der Waals surface area contributed by atoms with E-state index in [1.54, 1.807) is 0 Å². The van der Waals surface area contributed by atoms with Crippen LogP contribution in [0.1, 0.15) is 12.8 Å². The van der Waals surface area contributed by atoms with Crippen LogP contribution < -0.4 is 4.74 Å².